The van der Waals surface area contributed by atoms with Crippen LogP contribution in [-0.4, -0.2) is 51.3 Å². The Balaban J connectivity index is 1.63. The number of hydrogen-bond donors (Lipinski definition) is 0. The largest absolute Gasteiger partial charge is 0.416 e. The standard InChI is InChI=1S/C16H17N5O2/c1-10-8-21(2)9-14(22-10)16-20-19-15(23-16)13-7-17-11-5-3-4-6-12(11)18-13/h3-7,10,14H,8-9H2,1-2H3/t10-,14-/m1/s1. The van der Waals surface area contributed by atoms with Gasteiger partial charge in [-0.05, 0) is 26.1 Å². The highest BCUT2D eigenvalue weighted by molar-refractivity contribution is 5.75. The van der Waals surface area contributed by atoms with E-state index in [0.29, 0.717) is 17.5 Å². The molecular weight excluding hydrogens is 294 g/mol. The first-order chi connectivity index (χ1) is 11.2. The van der Waals surface area contributed by atoms with Crippen LogP contribution in [0, 0.1) is 0 Å². The molecule has 23 heavy (non-hydrogen) atoms. The second kappa shape index (κ2) is 5.68. The Labute approximate surface area is 133 Å². The minimum absolute atomic E-state index is 0.134. The number of likely N-dealkylation sites (N-methyl/N-ethyl adjacent to an activating group) is 1. The van der Waals surface area contributed by atoms with E-state index in [0.717, 1.165) is 24.1 Å². The summed E-state index contributed by atoms with van der Waals surface area (Å²) in [6.45, 7) is 3.66. The molecule has 0 saturated carbocycles. The van der Waals surface area contributed by atoms with Gasteiger partial charge in [0.15, 0.2) is 0 Å². The van der Waals surface area contributed by atoms with Crippen LogP contribution in [0.5, 0.6) is 0 Å². The average Bonchev–Trinajstić information content (AvgIpc) is 3.03. The summed E-state index contributed by atoms with van der Waals surface area (Å²) in [7, 11) is 2.05. The van der Waals surface area contributed by atoms with E-state index in [1.807, 2.05) is 31.2 Å². The van der Waals surface area contributed by atoms with Crippen LogP contribution in [0.4, 0.5) is 0 Å². The zero-order chi connectivity index (χ0) is 15.8. The number of hydrogen-bond acceptors (Lipinski definition) is 7. The lowest BCUT2D eigenvalue weighted by atomic mass is 10.2. The molecule has 2 aromatic heterocycles. The predicted octanol–water partition coefficient (Wildman–Crippen LogP) is 2.07. The summed E-state index contributed by atoms with van der Waals surface area (Å²) in [5.41, 5.74) is 2.20. The number of rotatable bonds is 2. The van der Waals surface area contributed by atoms with Gasteiger partial charge in [-0.3, -0.25) is 4.98 Å². The van der Waals surface area contributed by atoms with Crippen molar-refractivity contribution in [3.63, 3.8) is 0 Å². The number of benzene rings is 1. The first-order valence-electron chi connectivity index (χ1n) is 7.58. The maximum Gasteiger partial charge on any atom is 0.268 e. The van der Waals surface area contributed by atoms with Crippen molar-refractivity contribution in [1.82, 2.24) is 25.1 Å². The molecule has 3 heterocycles. The van der Waals surface area contributed by atoms with Crippen molar-refractivity contribution in [2.24, 2.45) is 0 Å². The molecule has 1 aliphatic heterocycles. The van der Waals surface area contributed by atoms with Gasteiger partial charge >= 0.3 is 0 Å². The van der Waals surface area contributed by atoms with Crippen molar-refractivity contribution in [3.8, 4) is 11.6 Å². The van der Waals surface area contributed by atoms with Crippen molar-refractivity contribution in [2.45, 2.75) is 19.1 Å². The summed E-state index contributed by atoms with van der Waals surface area (Å²) in [5, 5.41) is 8.23. The highest BCUT2D eigenvalue weighted by Gasteiger charge is 2.28. The molecule has 0 spiro atoms. The van der Waals surface area contributed by atoms with Gasteiger partial charge in [-0.25, -0.2) is 4.98 Å². The smallest absolute Gasteiger partial charge is 0.268 e. The van der Waals surface area contributed by atoms with Crippen molar-refractivity contribution in [1.29, 1.82) is 0 Å². The predicted molar refractivity (Wildman–Crippen MR) is 83.6 cm³/mol. The van der Waals surface area contributed by atoms with Gasteiger partial charge in [0, 0.05) is 13.1 Å². The normalized spacial score (nSPS) is 22.5. The number of aromatic nitrogens is 4. The zero-order valence-electron chi connectivity index (χ0n) is 13.0. The second-order valence-corrected chi connectivity index (χ2v) is 5.85. The molecule has 2 atom stereocenters. The first kappa shape index (κ1) is 14.2. The van der Waals surface area contributed by atoms with Crippen LogP contribution in [0.3, 0.4) is 0 Å². The summed E-state index contributed by atoms with van der Waals surface area (Å²) < 4.78 is 11.7. The van der Waals surface area contributed by atoms with Gasteiger partial charge in [-0.2, -0.15) is 0 Å². The molecule has 1 aliphatic rings. The molecule has 4 rings (SSSR count). The third-order valence-corrected chi connectivity index (χ3v) is 3.83. The SMILES string of the molecule is C[C@@H]1CN(C)C[C@H](c2nnc(-c3cnc4ccccc4n3)o2)O1. The molecule has 118 valence electrons. The number of nitrogens with zero attached hydrogens (tertiary/aromatic N) is 5. The van der Waals surface area contributed by atoms with Gasteiger partial charge in [0.2, 0.25) is 5.89 Å². The summed E-state index contributed by atoms with van der Waals surface area (Å²) in [6, 6.07) is 7.68. The summed E-state index contributed by atoms with van der Waals surface area (Å²) >= 11 is 0. The Kier molecular flexibility index (Phi) is 3.51. The van der Waals surface area contributed by atoms with E-state index in [-0.39, 0.29) is 12.2 Å². The molecule has 0 unspecified atom stereocenters. The fourth-order valence-corrected chi connectivity index (χ4v) is 2.83. The van der Waals surface area contributed by atoms with Crippen molar-refractivity contribution in [3.05, 3.63) is 36.4 Å². The van der Waals surface area contributed by atoms with Crippen molar-refractivity contribution >= 4 is 11.0 Å². The lowest BCUT2D eigenvalue weighted by molar-refractivity contribution is -0.0821. The van der Waals surface area contributed by atoms with Gasteiger partial charge in [0.05, 0.1) is 23.3 Å². The minimum atomic E-state index is -0.210. The van der Waals surface area contributed by atoms with Crippen LogP contribution in [0.25, 0.3) is 22.6 Å². The molecule has 1 fully saturated rings. The molecule has 7 heteroatoms. The van der Waals surface area contributed by atoms with Crippen LogP contribution < -0.4 is 0 Å². The maximum atomic E-state index is 5.89. The Hall–Kier alpha value is -2.38. The Bertz CT molecular complexity index is 824. The quantitative estimate of drug-likeness (QED) is 0.717. The van der Waals surface area contributed by atoms with Crippen molar-refractivity contribution < 1.29 is 9.15 Å². The van der Waals surface area contributed by atoms with Gasteiger partial charge in [0.1, 0.15) is 11.8 Å². The lowest BCUT2D eigenvalue weighted by Gasteiger charge is -2.32. The monoisotopic (exact) mass is 311 g/mol. The van der Waals surface area contributed by atoms with Gasteiger partial charge in [-0.1, -0.05) is 12.1 Å². The highest BCUT2D eigenvalue weighted by Crippen LogP contribution is 2.26. The lowest BCUT2D eigenvalue weighted by Crippen LogP contribution is -2.40. The van der Waals surface area contributed by atoms with Gasteiger partial charge in [-0.15, -0.1) is 10.2 Å². The third kappa shape index (κ3) is 2.80. The Morgan fingerprint density at radius 1 is 1.13 bits per heavy atom. The molecule has 0 aliphatic carbocycles. The molecule has 0 N–H and O–H groups in total. The molecule has 0 amide bonds. The molecular formula is C16H17N5O2. The number of ether oxygens (including phenoxy) is 1. The fraction of sp³-hybridized carbons (Fsp3) is 0.375. The molecule has 3 aromatic rings. The van der Waals surface area contributed by atoms with Gasteiger partial charge in [0.25, 0.3) is 5.89 Å². The third-order valence-electron chi connectivity index (χ3n) is 3.83. The van der Waals surface area contributed by atoms with Crippen LogP contribution in [0.15, 0.2) is 34.9 Å². The van der Waals surface area contributed by atoms with E-state index in [4.69, 9.17) is 9.15 Å². The Morgan fingerprint density at radius 3 is 2.78 bits per heavy atom. The average molecular weight is 311 g/mol. The minimum Gasteiger partial charge on any atom is -0.416 e. The summed E-state index contributed by atoms with van der Waals surface area (Å²) in [5.74, 6) is 0.844. The van der Waals surface area contributed by atoms with E-state index in [9.17, 15) is 0 Å². The molecule has 0 bridgehead atoms. The summed E-state index contributed by atoms with van der Waals surface area (Å²) in [6.07, 6.45) is 1.57. The molecule has 1 aromatic carbocycles. The van der Waals surface area contributed by atoms with E-state index in [1.54, 1.807) is 6.20 Å². The topological polar surface area (TPSA) is 77.2 Å². The Morgan fingerprint density at radius 2 is 1.96 bits per heavy atom. The zero-order valence-corrected chi connectivity index (χ0v) is 13.0. The number of morpholine rings is 1. The molecule has 1 saturated heterocycles. The van der Waals surface area contributed by atoms with E-state index in [1.165, 1.54) is 0 Å². The number of para-hydroxylation sites is 2. The maximum absolute atomic E-state index is 5.89. The van der Waals surface area contributed by atoms with E-state index in [2.05, 4.69) is 32.1 Å². The van der Waals surface area contributed by atoms with E-state index >= 15 is 0 Å². The van der Waals surface area contributed by atoms with Crippen LogP contribution >= 0.6 is 0 Å². The van der Waals surface area contributed by atoms with Crippen LogP contribution in [0.2, 0.25) is 0 Å². The summed E-state index contributed by atoms with van der Waals surface area (Å²) in [4.78, 5) is 11.1. The molecule has 0 radical (unpaired) electrons. The van der Waals surface area contributed by atoms with Crippen molar-refractivity contribution in [2.75, 3.05) is 20.1 Å². The van der Waals surface area contributed by atoms with E-state index < -0.39 is 0 Å². The van der Waals surface area contributed by atoms with Crippen LogP contribution in [0.1, 0.15) is 18.9 Å². The second-order valence-electron chi connectivity index (χ2n) is 5.85. The molecule has 7 nitrogen and oxygen atoms in total. The van der Waals surface area contributed by atoms with Crippen LogP contribution in [-0.2, 0) is 4.74 Å². The number of fused-ring (bicyclic) bond motifs is 1. The first-order valence-corrected chi connectivity index (χ1v) is 7.58. The highest BCUT2D eigenvalue weighted by atomic mass is 16.5. The fourth-order valence-electron chi connectivity index (χ4n) is 2.83. The van der Waals surface area contributed by atoms with Gasteiger partial charge < -0.3 is 14.1 Å².